The van der Waals surface area contributed by atoms with Gasteiger partial charge in [0.25, 0.3) is 11.8 Å². The standard InChI is InChI=1S/C33H31Cl2FN2O8/c1-46-19-10-11-21(24(39)15-19)27-20-12-13-22-26(29(43)37(28(22)42)14-4-2-3-5-25(40)41)23(20)16-32(34)30(44)38(31(45)33(27,32)35)18-8-6-17(36)7-9-18/h6-12,15,22-23,26-27,39H,2-5,13-14,16H2,1H3,(H,40,41). The monoisotopic (exact) mass is 672 g/mol. The molecular weight excluding hydrogens is 642 g/mol. The number of phenolic OH excluding ortho intramolecular Hbond substituents is 1. The summed E-state index contributed by atoms with van der Waals surface area (Å²) < 4.78 is 19.0. The van der Waals surface area contributed by atoms with E-state index in [0.717, 1.165) is 17.0 Å². The van der Waals surface area contributed by atoms with E-state index in [1.54, 1.807) is 12.1 Å². The Hall–Kier alpha value is -3.96. The van der Waals surface area contributed by atoms with E-state index < -0.39 is 62.9 Å². The predicted octanol–water partition coefficient (Wildman–Crippen LogP) is 4.75. The second-order valence-electron chi connectivity index (χ2n) is 12.2. The van der Waals surface area contributed by atoms with E-state index >= 15 is 0 Å². The Morgan fingerprint density at radius 1 is 1.00 bits per heavy atom. The Morgan fingerprint density at radius 3 is 2.37 bits per heavy atom. The number of likely N-dealkylation sites (tertiary alicyclic amines) is 1. The van der Waals surface area contributed by atoms with Crippen molar-refractivity contribution < 1.29 is 43.3 Å². The number of amides is 4. The number of carbonyl (C=O) groups excluding carboxylic acids is 4. The number of rotatable bonds is 9. The molecule has 2 saturated heterocycles. The average Bonchev–Trinajstić information content (AvgIpc) is 3.35. The number of phenols is 1. The van der Waals surface area contributed by atoms with Crippen LogP contribution in [-0.2, 0) is 24.0 Å². The van der Waals surface area contributed by atoms with Gasteiger partial charge in [0.05, 0.1) is 24.6 Å². The Labute approximate surface area is 273 Å². The van der Waals surface area contributed by atoms with E-state index in [1.165, 1.54) is 36.3 Å². The van der Waals surface area contributed by atoms with Crippen LogP contribution in [0.2, 0.25) is 0 Å². The highest BCUT2D eigenvalue weighted by atomic mass is 35.5. The lowest BCUT2D eigenvalue weighted by molar-refractivity contribution is -0.141. The van der Waals surface area contributed by atoms with Crippen LogP contribution >= 0.6 is 23.2 Å². The summed E-state index contributed by atoms with van der Waals surface area (Å²) >= 11 is 14.6. The maximum Gasteiger partial charge on any atom is 0.303 e. The Kier molecular flexibility index (Phi) is 8.13. The summed E-state index contributed by atoms with van der Waals surface area (Å²) in [5.41, 5.74) is 0.753. The number of unbranched alkanes of at least 4 members (excludes halogenated alkanes) is 2. The summed E-state index contributed by atoms with van der Waals surface area (Å²) in [5, 5.41) is 20.1. The van der Waals surface area contributed by atoms with Gasteiger partial charge in [0, 0.05) is 30.5 Å². The van der Waals surface area contributed by atoms with E-state index in [9.17, 15) is 33.5 Å². The maximum atomic E-state index is 14.4. The van der Waals surface area contributed by atoms with Crippen LogP contribution in [0, 0.1) is 23.6 Å². The number of carboxylic acid groups (broad SMARTS) is 1. The largest absolute Gasteiger partial charge is 0.508 e. The molecule has 2 aromatic rings. The van der Waals surface area contributed by atoms with E-state index in [1.807, 2.05) is 0 Å². The van der Waals surface area contributed by atoms with Crippen LogP contribution < -0.4 is 9.64 Å². The zero-order chi connectivity index (χ0) is 33.1. The van der Waals surface area contributed by atoms with Crippen molar-refractivity contribution in [1.29, 1.82) is 0 Å². The molecule has 2 aliphatic carbocycles. The molecule has 4 aliphatic rings. The van der Waals surface area contributed by atoms with Crippen LogP contribution in [0.15, 0.2) is 54.1 Å². The van der Waals surface area contributed by atoms with Crippen molar-refractivity contribution in [1.82, 2.24) is 4.90 Å². The lowest BCUT2D eigenvalue weighted by Gasteiger charge is -2.50. The minimum Gasteiger partial charge on any atom is -0.508 e. The quantitative estimate of drug-likeness (QED) is 0.168. The lowest BCUT2D eigenvalue weighted by atomic mass is 9.56. The summed E-state index contributed by atoms with van der Waals surface area (Å²) in [4.78, 5) is 64.7. The smallest absolute Gasteiger partial charge is 0.303 e. The van der Waals surface area contributed by atoms with Crippen molar-refractivity contribution in [3.05, 3.63) is 65.5 Å². The van der Waals surface area contributed by atoms with Crippen molar-refractivity contribution in [2.24, 2.45) is 17.8 Å². The fraction of sp³-hybridized carbons (Fsp3) is 0.424. The van der Waals surface area contributed by atoms with Gasteiger partial charge < -0.3 is 14.9 Å². The third-order valence-corrected chi connectivity index (χ3v) is 11.2. The topological polar surface area (TPSA) is 142 Å². The fourth-order valence-electron chi connectivity index (χ4n) is 7.65. The zero-order valence-corrected chi connectivity index (χ0v) is 26.3. The first-order chi connectivity index (χ1) is 21.8. The third-order valence-electron chi connectivity index (χ3n) is 9.81. The Bertz CT molecular complexity index is 1680. The van der Waals surface area contributed by atoms with Gasteiger partial charge >= 0.3 is 5.97 Å². The van der Waals surface area contributed by atoms with Crippen LogP contribution in [0.25, 0.3) is 0 Å². The zero-order valence-electron chi connectivity index (χ0n) is 24.8. The molecule has 10 nitrogen and oxygen atoms in total. The number of carboxylic acids is 1. The average molecular weight is 674 g/mol. The molecule has 46 heavy (non-hydrogen) atoms. The van der Waals surface area contributed by atoms with Crippen molar-refractivity contribution >= 4 is 58.5 Å². The van der Waals surface area contributed by atoms with E-state index in [2.05, 4.69) is 0 Å². The highest BCUT2D eigenvalue weighted by molar-refractivity contribution is 6.58. The molecule has 13 heteroatoms. The minimum atomic E-state index is -2.17. The maximum absolute atomic E-state index is 14.4. The summed E-state index contributed by atoms with van der Waals surface area (Å²) in [5.74, 6) is -7.56. The number of aromatic hydroxyl groups is 1. The van der Waals surface area contributed by atoms with Crippen molar-refractivity contribution in [3.63, 3.8) is 0 Å². The van der Waals surface area contributed by atoms with Crippen LogP contribution in [0.3, 0.4) is 0 Å². The van der Waals surface area contributed by atoms with Gasteiger partial charge in [-0.25, -0.2) is 9.29 Å². The number of methoxy groups -OCH3 is 1. The number of imide groups is 2. The van der Waals surface area contributed by atoms with Crippen LogP contribution in [0.1, 0.15) is 50.0 Å². The first kappa shape index (κ1) is 32.0. The summed E-state index contributed by atoms with van der Waals surface area (Å²) in [6, 6.07) is 9.15. The van der Waals surface area contributed by atoms with Gasteiger partial charge in [-0.3, -0.25) is 28.9 Å². The minimum absolute atomic E-state index is 0.0121. The molecule has 4 amide bonds. The van der Waals surface area contributed by atoms with Crippen LogP contribution in [0.5, 0.6) is 11.5 Å². The summed E-state index contributed by atoms with van der Waals surface area (Å²) in [6.07, 6.45) is 3.03. The number of benzene rings is 2. The van der Waals surface area contributed by atoms with Gasteiger partial charge in [-0.15, -0.1) is 23.2 Å². The number of hydrogen-bond donors (Lipinski definition) is 2. The van der Waals surface area contributed by atoms with Gasteiger partial charge in [0.15, 0.2) is 9.75 Å². The second kappa shape index (κ2) is 11.7. The van der Waals surface area contributed by atoms with E-state index in [-0.39, 0.29) is 48.7 Å². The molecule has 3 fully saturated rings. The number of ether oxygens (including phenoxy) is 1. The third kappa shape index (κ3) is 4.69. The summed E-state index contributed by atoms with van der Waals surface area (Å²) in [6.45, 7) is 0.121. The number of carbonyl (C=O) groups is 5. The Morgan fingerprint density at radius 2 is 1.72 bits per heavy atom. The molecule has 6 unspecified atom stereocenters. The van der Waals surface area contributed by atoms with Crippen molar-refractivity contribution in [3.8, 4) is 11.5 Å². The number of allylic oxidation sites excluding steroid dienone is 2. The Balaban J connectivity index is 1.43. The SMILES string of the molecule is COc1ccc(C2C3=CCC4C(=O)N(CCCCCC(=O)O)C(=O)C4C3CC3(Cl)C(=O)N(c4ccc(F)cc4)C(=O)C23Cl)c(O)c1. The van der Waals surface area contributed by atoms with Gasteiger partial charge in [-0.05, 0) is 61.9 Å². The number of halogens is 3. The van der Waals surface area contributed by atoms with Crippen molar-refractivity contribution in [2.75, 3.05) is 18.6 Å². The molecule has 2 aromatic carbocycles. The molecule has 2 N–H and O–H groups in total. The summed E-state index contributed by atoms with van der Waals surface area (Å²) in [7, 11) is 1.42. The molecule has 1 saturated carbocycles. The number of aliphatic carboxylic acids is 1. The predicted molar refractivity (Wildman–Crippen MR) is 164 cm³/mol. The number of anilines is 1. The molecule has 6 rings (SSSR count). The van der Waals surface area contributed by atoms with E-state index in [4.69, 9.17) is 33.0 Å². The van der Waals surface area contributed by atoms with Gasteiger partial charge in [0.1, 0.15) is 17.3 Å². The first-order valence-electron chi connectivity index (χ1n) is 15.0. The molecule has 0 radical (unpaired) electrons. The number of alkyl halides is 2. The van der Waals surface area contributed by atoms with Crippen LogP contribution in [-0.4, -0.2) is 68.1 Å². The van der Waals surface area contributed by atoms with E-state index in [0.29, 0.717) is 30.6 Å². The van der Waals surface area contributed by atoms with Gasteiger partial charge in [-0.2, -0.15) is 0 Å². The normalized spacial score (nSPS) is 30.2. The molecule has 0 bridgehead atoms. The molecule has 0 aromatic heterocycles. The number of nitrogens with zero attached hydrogens (tertiary/aromatic N) is 2. The lowest BCUT2D eigenvalue weighted by Crippen LogP contribution is -2.60. The molecule has 0 spiro atoms. The molecule has 6 atom stereocenters. The second-order valence-corrected chi connectivity index (χ2v) is 13.4. The fourth-order valence-corrected chi connectivity index (χ4v) is 8.57. The molecule has 2 heterocycles. The van der Waals surface area contributed by atoms with Gasteiger partial charge in [0.2, 0.25) is 11.8 Å². The van der Waals surface area contributed by atoms with Crippen molar-refractivity contribution in [2.45, 2.75) is 54.2 Å². The first-order valence-corrected chi connectivity index (χ1v) is 15.8. The highest BCUT2D eigenvalue weighted by Crippen LogP contribution is 2.66. The molecular formula is C33H31Cl2FN2O8. The molecule has 242 valence electrons. The van der Waals surface area contributed by atoms with Gasteiger partial charge in [-0.1, -0.05) is 24.1 Å². The number of fused-ring (bicyclic) bond motifs is 4. The number of hydrogen-bond acceptors (Lipinski definition) is 7. The highest BCUT2D eigenvalue weighted by Gasteiger charge is 2.76. The molecule has 2 aliphatic heterocycles. The van der Waals surface area contributed by atoms with Crippen LogP contribution in [0.4, 0.5) is 10.1 Å².